The van der Waals surface area contributed by atoms with Crippen LogP contribution >= 0.6 is 0 Å². The summed E-state index contributed by atoms with van der Waals surface area (Å²) in [6.45, 7) is 0. The van der Waals surface area contributed by atoms with Crippen LogP contribution in [0.4, 0.5) is 17.2 Å². The Morgan fingerprint density at radius 2 is 1.70 bits per heavy atom. The van der Waals surface area contributed by atoms with E-state index in [1.807, 2.05) is 54.6 Å². The van der Waals surface area contributed by atoms with Gasteiger partial charge in [-0.1, -0.05) is 18.2 Å². The summed E-state index contributed by atoms with van der Waals surface area (Å²) in [5, 5.41) is 12.7. The van der Waals surface area contributed by atoms with Gasteiger partial charge in [-0.25, -0.2) is 9.97 Å². The zero-order chi connectivity index (χ0) is 20.3. The van der Waals surface area contributed by atoms with Gasteiger partial charge in [-0.05, 0) is 48.5 Å². The molecule has 0 saturated heterocycles. The molecule has 0 aliphatic carbocycles. The number of pyridine rings is 1. The van der Waals surface area contributed by atoms with Crippen molar-refractivity contribution >= 4 is 34.3 Å². The first-order chi connectivity index (χ1) is 14.7. The molecule has 0 aliphatic rings. The van der Waals surface area contributed by atoms with Gasteiger partial charge >= 0.3 is 0 Å². The molecule has 146 valence electrons. The fraction of sp³-hybridized carbons (Fsp3) is 0. The summed E-state index contributed by atoms with van der Waals surface area (Å²) < 4.78 is 0. The summed E-state index contributed by atoms with van der Waals surface area (Å²) >= 11 is 0. The highest BCUT2D eigenvalue weighted by molar-refractivity contribution is 6.04. The number of H-pyrrole nitrogens is 2. The minimum atomic E-state index is -0.145. The Kier molecular flexibility index (Phi) is 4.41. The number of fused-ring (bicyclic) bond motifs is 1. The van der Waals surface area contributed by atoms with Crippen LogP contribution in [0.1, 0.15) is 10.4 Å². The van der Waals surface area contributed by atoms with Crippen LogP contribution < -0.4 is 10.6 Å². The Bertz CT molecular complexity index is 1290. The molecule has 3 aromatic heterocycles. The molecule has 0 fully saturated rings. The molecule has 0 bridgehead atoms. The third-order valence-electron chi connectivity index (χ3n) is 4.57. The van der Waals surface area contributed by atoms with Crippen LogP contribution in [-0.4, -0.2) is 31.1 Å². The van der Waals surface area contributed by atoms with Crippen molar-refractivity contribution < 1.29 is 4.79 Å². The molecular weight excluding hydrogens is 378 g/mol. The van der Waals surface area contributed by atoms with Gasteiger partial charge in [0, 0.05) is 23.0 Å². The van der Waals surface area contributed by atoms with Crippen molar-refractivity contribution in [2.24, 2.45) is 0 Å². The molecule has 8 heteroatoms. The molecule has 1 amide bonds. The second-order valence-corrected chi connectivity index (χ2v) is 6.66. The summed E-state index contributed by atoms with van der Waals surface area (Å²) in [4.78, 5) is 24.7. The fourth-order valence-electron chi connectivity index (χ4n) is 3.07. The van der Waals surface area contributed by atoms with Gasteiger partial charge in [-0.2, -0.15) is 5.10 Å². The highest BCUT2D eigenvalue weighted by Gasteiger charge is 2.09. The first kappa shape index (κ1) is 17.6. The third kappa shape index (κ3) is 3.61. The molecule has 0 unspecified atom stereocenters. The third-order valence-corrected chi connectivity index (χ3v) is 4.57. The van der Waals surface area contributed by atoms with E-state index in [1.165, 1.54) is 0 Å². The van der Waals surface area contributed by atoms with E-state index in [1.54, 1.807) is 24.5 Å². The summed E-state index contributed by atoms with van der Waals surface area (Å²) in [6.07, 6.45) is 3.43. The lowest BCUT2D eigenvalue weighted by atomic mass is 10.1. The zero-order valence-electron chi connectivity index (χ0n) is 15.8. The van der Waals surface area contributed by atoms with Crippen molar-refractivity contribution in [1.29, 1.82) is 0 Å². The first-order valence-electron chi connectivity index (χ1n) is 9.34. The van der Waals surface area contributed by atoms with Crippen molar-refractivity contribution in [3.63, 3.8) is 0 Å². The number of hydrogen-bond donors (Lipinski definition) is 4. The fourth-order valence-corrected chi connectivity index (χ4v) is 3.07. The maximum atomic E-state index is 12.3. The molecule has 4 N–H and O–H groups in total. The SMILES string of the molecule is O=C(Nc1ccc(-c2nc3nc(Nc4cn[nH]c4)ccc3[nH]2)cc1)c1ccccc1. The molecule has 0 radical (unpaired) electrons. The Morgan fingerprint density at radius 3 is 2.47 bits per heavy atom. The molecular formula is C22H17N7O. The largest absolute Gasteiger partial charge is 0.338 e. The Hall–Kier alpha value is -4.46. The average molecular weight is 395 g/mol. The summed E-state index contributed by atoms with van der Waals surface area (Å²) in [5.41, 5.74) is 4.50. The molecule has 0 saturated carbocycles. The predicted octanol–water partition coefficient (Wildman–Crippen LogP) is 4.34. The Balaban J connectivity index is 1.34. The summed E-state index contributed by atoms with van der Waals surface area (Å²) in [6, 6.07) is 20.4. The number of nitrogens with zero attached hydrogens (tertiary/aromatic N) is 3. The quantitative estimate of drug-likeness (QED) is 0.354. The normalized spacial score (nSPS) is 10.8. The van der Waals surface area contributed by atoms with Crippen LogP contribution in [0.5, 0.6) is 0 Å². The van der Waals surface area contributed by atoms with E-state index in [4.69, 9.17) is 0 Å². The number of amides is 1. The zero-order valence-corrected chi connectivity index (χ0v) is 15.8. The van der Waals surface area contributed by atoms with Crippen LogP contribution in [0.3, 0.4) is 0 Å². The molecule has 0 aliphatic heterocycles. The van der Waals surface area contributed by atoms with Crippen molar-refractivity contribution in [2.45, 2.75) is 0 Å². The molecule has 3 heterocycles. The maximum Gasteiger partial charge on any atom is 0.255 e. The topological polar surface area (TPSA) is 111 Å². The van der Waals surface area contributed by atoms with Gasteiger partial charge < -0.3 is 15.6 Å². The van der Waals surface area contributed by atoms with Gasteiger partial charge in [0.25, 0.3) is 5.91 Å². The number of carbonyl (C=O) groups is 1. The van der Waals surface area contributed by atoms with E-state index >= 15 is 0 Å². The second-order valence-electron chi connectivity index (χ2n) is 6.66. The highest BCUT2D eigenvalue weighted by Crippen LogP contribution is 2.23. The highest BCUT2D eigenvalue weighted by atomic mass is 16.1. The monoisotopic (exact) mass is 395 g/mol. The van der Waals surface area contributed by atoms with Crippen molar-refractivity contribution in [3.05, 3.63) is 84.7 Å². The van der Waals surface area contributed by atoms with Gasteiger partial charge in [-0.15, -0.1) is 0 Å². The van der Waals surface area contributed by atoms with Gasteiger partial charge in [0.1, 0.15) is 11.6 Å². The van der Waals surface area contributed by atoms with Gasteiger partial charge in [0.2, 0.25) is 0 Å². The Labute approximate surface area is 171 Å². The van der Waals surface area contributed by atoms with Crippen LogP contribution in [-0.2, 0) is 0 Å². The van der Waals surface area contributed by atoms with Crippen LogP contribution in [0.15, 0.2) is 79.1 Å². The van der Waals surface area contributed by atoms with E-state index in [0.717, 1.165) is 16.8 Å². The van der Waals surface area contributed by atoms with E-state index in [9.17, 15) is 4.79 Å². The van der Waals surface area contributed by atoms with Crippen molar-refractivity contribution in [3.8, 4) is 11.4 Å². The lowest BCUT2D eigenvalue weighted by Gasteiger charge is -2.05. The number of hydrogen-bond acceptors (Lipinski definition) is 5. The molecule has 0 atom stereocenters. The smallest absolute Gasteiger partial charge is 0.255 e. The molecule has 5 rings (SSSR count). The minimum absolute atomic E-state index is 0.145. The number of rotatable bonds is 5. The number of benzene rings is 2. The van der Waals surface area contributed by atoms with Crippen LogP contribution in [0.25, 0.3) is 22.6 Å². The summed E-state index contributed by atoms with van der Waals surface area (Å²) in [5.74, 6) is 1.24. The number of aromatic nitrogens is 5. The van der Waals surface area contributed by atoms with Crippen molar-refractivity contribution in [2.75, 3.05) is 10.6 Å². The maximum absolute atomic E-state index is 12.3. The minimum Gasteiger partial charge on any atom is -0.338 e. The summed E-state index contributed by atoms with van der Waals surface area (Å²) in [7, 11) is 0. The molecule has 0 spiro atoms. The molecule has 2 aromatic carbocycles. The number of aromatic amines is 2. The van der Waals surface area contributed by atoms with Crippen LogP contribution in [0.2, 0.25) is 0 Å². The van der Waals surface area contributed by atoms with Gasteiger partial charge in [-0.3, -0.25) is 9.89 Å². The standard InChI is InChI=1S/C22H17N7O/c30-22(15-4-2-1-3-5-15)26-16-8-6-14(7-9-16)20-27-18-10-11-19(28-21(18)29-20)25-17-12-23-24-13-17/h1-13H,(H,23,24)(H,26,30)(H2,25,27,28,29). The van der Waals surface area contributed by atoms with E-state index < -0.39 is 0 Å². The number of anilines is 3. The van der Waals surface area contributed by atoms with E-state index in [2.05, 4.69) is 35.8 Å². The predicted molar refractivity (Wildman–Crippen MR) is 116 cm³/mol. The lowest BCUT2D eigenvalue weighted by molar-refractivity contribution is 0.102. The average Bonchev–Trinajstić information content (AvgIpc) is 3.44. The van der Waals surface area contributed by atoms with E-state index in [-0.39, 0.29) is 5.91 Å². The van der Waals surface area contributed by atoms with Crippen molar-refractivity contribution in [1.82, 2.24) is 25.1 Å². The van der Waals surface area contributed by atoms with Gasteiger partial charge in [0.15, 0.2) is 5.65 Å². The second kappa shape index (κ2) is 7.51. The van der Waals surface area contributed by atoms with Gasteiger partial charge in [0.05, 0.1) is 17.4 Å². The first-order valence-corrected chi connectivity index (χ1v) is 9.34. The number of nitrogens with one attached hydrogen (secondary N) is 4. The molecule has 5 aromatic rings. The molecule has 30 heavy (non-hydrogen) atoms. The number of imidazole rings is 1. The van der Waals surface area contributed by atoms with Crippen LogP contribution in [0, 0.1) is 0 Å². The number of carbonyl (C=O) groups excluding carboxylic acids is 1. The molecule has 8 nitrogen and oxygen atoms in total. The Morgan fingerprint density at radius 1 is 0.867 bits per heavy atom. The van der Waals surface area contributed by atoms with E-state index in [0.29, 0.717) is 28.5 Å². The lowest BCUT2D eigenvalue weighted by Crippen LogP contribution is -2.11.